The van der Waals surface area contributed by atoms with Crippen LogP contribution in [0.2, 0.25) is 0 Å². The van der Waals surface area contributed by atoms with Crippen LogP contribution >= 0.6 is 0 Å². The second kappa shape index (κ2) is 6.01. The molecule has 0 bridgehead atoms. The summed E-state index contributed by atoms with van der Waals surface area (Å²) in [5, 5.41) is 0. The zero-order chi connectivity index (χ0) is 18.4. The van der Waals surface area contributed by atoms with Gasteiger partial charge in [0, 0.05) is 19.2 Å². The predicted molar refractivity (Wildman–Crippen MR) is 99.0 cm³/mol. The van der Waals surface area contributed by atoms with Crippen LogP contribution in [0.1, 0.15) is 46.1 Å². The summed E-state index contributed by atoms with van der Waals surface area (Å²) in [6.45, 7) is 8.93. The van der Waals surface area contributed by atoms with E-state index in [9.17, 15) is 9.59 Å². The molecule has 0 atom stereocenters. The van der Waals surface area contributed by atoms with Gasteiger partial charge in [0.15, 0.2) is 0 Å². The number of nitrogens with zero attached hydrogens (tertiary/aromatic N) is 2. The highest BCUT2D eigenvalue weighted by atomic mass is 16.2. The molecule has 0 N–H and O–H groups in total. The minimum absolute atomic E-state index is 0.0596. The highest BCUT2D eigenvalue weighted by Gasteiger charge is 2.51. The van der Waals surface area contributed by atoms with Crippen LogP contribution in [0, 0.1) is 0 Å². The van der Waals surface area contributed by atoms with Crippen LogP contribution in [0.3, 0.4) is 0 Å². The largest absolute Gasteiger partial charge is 0.333 e. The lowest BCUT2D eigenvalue weighted by Gasteiger charge is -2.39. The molecule has 2 amide bonds. The van der Waals surface area contributed by atoms with E-state index in [1.807, 2.05) is 61.0 Å². The van der Waals surface area contributed by atoms with Gasteiger partial charge in [-0.15, -0.1) is 0 Å². The third-order valence-electron chi connectivity index (χ3n) is 5.99. The lowest BCUT2D eigenvalue weighted by Crippen LogP contribution is -2.51. The van der Waals surface area contributed by atoms with Gasteiger partial charge in [0.1, 0.15) is 0 Å². The van der Waals surface area contributed by atoms with E-state index in [0.717, 1.165) is 24.0 Å². The lowest BCUT2D eigenvalue weighted by molar-refractivity contribution is -0.136. The summed E-state index contributed by atoms with van der Waals surface area (Å²) in [5.74, 6) is 0.148. The molecule has 0 unspecified atom stereocenters. The second-order valence-electron chi connectivity index (χ2n) is 8.15. The standard InChI is InChI=1S/C21H28N2O2/c1-20(2)16-12-9-13-23(17(24)14-15-10-7-6-8-11-15)21(3,4)18(16)19(25)22(20)5/h6-8,10-11H,9,12-14H2,1-5H3. The zero-order valence-corrected chi connectivity index (χ0v) is 15.9. The smallest absolute Gasteiger partial charge is 0.252 e. The van der Waals surface area contributed by atoms with Gasteiger partial charge in [-0.05, 0) is 51.7 Å². The van der Waals surface area contributed by atoms with Crippen molar-refractivity contribution in [3.63, 3.8) is 0 Å². The number of rotatable bonds is 2. The van der Waals surface area contributed by atoms with Crippen LogP contribution in [0.4, 0.5) is 0 Å². The normalized spacial score (nSPS) is 22.0. The summed E-state index contributed by atoms with van der Waals surface area (Å²) in [4.78, 5) is 29.8. The molecule has 2 aliphatic heterocycles. The van der Waals surface area contributed by atoms with Crippen molar-refractivity contribution in [2.24, 2.45) is 0 Å². The molecule has 25 heavy (non-hydrogen) atoms. The Balaban J connectivity index is 1.96. The van der Waals surface area contributed by atoms with Crippen molar-refractivity contribution in [2.45, 2.75) is 58.0 Å². The molecule has 0 saturated carbocycles. The molecule has 0 fully saturated rings. The van der Waals surface area contributed by atoms with Crippen LogP contribution in [0.15, 0.2) is 41.5 Å². The van der Waals surface area contributed by atoms with Crippen molar-refractivity contribution in [3.05, 3.63) is 47.0 Å². The number of carbonyl (C=O) groups excluding carboxylic acids is 2. The van der Waals surface area contributed by atoms with Gasteiger partial charge in [-0.3, -0.25) is 9.59 Å². The van der Waals surface area contributed by atoms with E-state index in [0.29, 0.717) is 13.0 Å². The fraction of sp³-hybridized carbons (Fsp3) is 0.524. The van der Waals surface area contributed by atoms with Gasteiger partial charge in [0.2, 0.25) is 5.91 Å². The van der Waals surface area contributed by atoms with Crippen molar-refractivity contribution < 1.29 is 9.59 Å². The molecule has 1 aromatic rings. The SMILES string of the molecule is CN1C(=O)C2=C(CCCN(C(=O)Cc3ccccc3)C2(C)C)C1(C)C. The quantitative estimate of drug-likeness (QED) is 0.830. The molecule has 1 aromatic carbocycles. The summed E-state index contributed by atoms with van der Waals surface area (Å²) in [6.07, 6.45) is 2.14. The molecule has 2 aliphatic rings. The molecule has 2 heterocycles. The minimum atomic E-state index is -0.586. The minimum Gasteiger partial charge on any atom is -0.333 e. The molecule has 0 aliphatic carbocycles. The number of likely N-dealkylation sites (N-methyl/N-ethyl adjacent to an activating group) is 1. The maximum absolute atomic E-state index is 13.1. The number of hydrogen-bond acceptors (Lipinski definition) is 2. The van der Waals surface area contributed by atoms with E-state index in [-0.39, 0.29) is 17.4 Å². The van der Waals surface area contributed by atoms with Gasteiger partial charge in [0.05, 0.1) is 17.5 Å². The Hall–Kier alpha value is -2.10. The highest BCUT2D eigenvalue weighted by Crippen LogP contribution is 2.44. The van der Waals surface area contributed by atoms with Gasteiger partial charge >= 0.3 is 0 Å². The summed E-state index contributed by atoms with van der Waals surface area (Å²) in [7, 11) is 1.86. The molecule has 3 rings (SSSR count). The van der Waals surface area contributed by atoms with Gasteiger partial charge in [0.25, 0.3) is 5.91 Å². The summed E-state index contributed by atoms with van der Waals surface area (Å²) < 4.78 is 0. The lowest BCUT2D eigenvalue weighted by atomic mass is 9.84. The van der Waals surface area contributed by atoms with Crippen LogP contribution in [0.5, 0.6) is 0 Å². The highest BCUT2D eigenvalue weighted by molar-refractivity contribution is 6.01. The van der Waals surface area contributed by atoms with Gasteiger partial charge in [-0.1, -0.05) is 30.3 Å². The molecule has 0 spiro atoms. The predicted octanol–water partition coefficient (Wildman–Crippen LogP) is 3.18. The van der Waals surface area contributed by atoms with Crippen molar-refractivity contribution >= 4 is 11.8 Å². The fourth-order valence-electron chi connectivity index (χ4n) is 4.25. The molecule has 0 radical (unpaired) electrons. The third kappa shape index (κ3) is 2.78. The first-order valence-corrected chi connectivity index (χ1v) is 9.04. The molecule has 4 nitrogen and oxygen atoms in total. The Morgan fingerprint density at radius 1 is 1.08 bits per heavy atom. The Morgan fingerprint density at radius 2 is 1.72 bits per heavy atom. The Labute approximate surface area is 150 Å². The number of hydrogen-bond donors (Lipinski definition) is 0. The van der Waals surface area contributed by atoms with Crippen molar-refractivity contribution in [1.82, 2.24) is 9.80 Å². The Kier molecular flexibility index (Phi) is 4.26. The van der Waals surface area contributed by atoms with Crippen LogP contribution < -0.4 is 0 Å². The third-order valence-corrected chi connectivity index (χ3v) is 5.99. The zero-order valence-electron chi connectivity index (χ0n) is 15.9. The molecule has 4 heteroatoms. The number of carbonyl (C=O) groups is 2. The van der Waals surface area contributed by atoms with Gasteiger partial charge in [-0.2, -0.15) is 0 Å². The molecule has 134 valence electrons. The second-order valence-corrected chi connectivity index (χ2v) is 8.15. The molecule has 0 saturated heterocycles. The first-order chi connectivity index (χ1) is 11.7. The first kappa shape index (κ1) is 17.7. The Bertz CT molecular complexity index is 732. The van der Waals surface area contributed by atoms with Crippen molar-refractivity contribution in [3.8, 4) is 0 Å². The summed E-state index contributed by atoms with van der Waals surface area (Å²) in [6, 6.07) is 9.82. The fourth-order valence-corrected chi connectivity index (χ4v) is 4.25. The first-order valence-electron chi connectivity index (χ1n) is 9.04. The van der Waals surface area contributed by atoms with E-state index in [2.05, 4.69) is 13.8 Å². The summed E-state index contributed by atoms with van der Waals surface area (Å²) >= 11 is 0. The van der Waals surface area contributed by atoms with Gasteiger partial charge < -0.3 is 9.80 Å². The summed E-state index contributed by atoms with van der Waals surface area (Å²) in [5.41, 5.74) is 2.16. The van der Waals surface area contributed by atoms with Crippen molar-refractivity contribution in [1.29, 1.82) is 0 Å². The van der Waals surface area contributed by atoms with E-state index in [1.165, 1.54) is 5.57 Å². The molecule has 0 aromatic heterocycles. The van der Waals surface area contributed by atoms with Crippen LogP contribution in [-0.2, 0) is 16.0 Å². The van der Waals surface area contributed by atoms with E-state index in [4.69, 9.17) is 0 Å². The van der Waals surface area contributed by atoms with Crippen molar-refractivity contribution in [2.75, 3.05) is 13.6 Å². The average Bonchev–Trinajstić information content (AvgIpc) is 2.66. The average molecular weight is 340 g/mol. The van der Waals surface area contributed by atoms with Crippen LogP contribution in [0.25, 0.3) is 0 Å². The van der Waals surface area contributed by atoms with E-state index in [1.54, 1.807) is 0 Å². The number of amides is 2. The molecular weight excluding hydrogens is 312 g/mol. The number of benzene rings is 1. The van der Waals surface area contributed by atoms with E-state index < -0.39 is 5.54 Å². The molecular formula is C21H28N2O2. The van der Waals surface area contributed by atoms with E-state index >= 15 is 0 Å². The Morgan fingerprint density at radius 3 is 2.36 bits per heavy atom. The maximum Gasteiger partial charge on any atom is 0.252 e. The topological polar surface area (TPSA) is 40.6 Å². The maximum atomic E-state index is 13.1. The van der Waals surface area contributed by atoms with Gasteiger partial charge in [-0.25, -0.2) is 0 Å². The van der Waals surface area contributed by atoms with Crippen LogP contribution in [-0.4, -0.2) is 46.3 Å². The monoisotopic (exact) mass is 340 g/mol.